The van der Waals surface area contributed by atoms with E-state index in [9.17, 15) is 46.0 Å². The summed E-state index contributed by atoms with van der Waals surface area (Å²) in [7, 11) is 0. The molecule has 27 atom stereocenters. The van der Waals surface area contributed by atoms with Crippen LogP contribution < -0.4 is 0 Å². The van der Waals surface area contributed by atoms with Gasteiger partial charge in [0.15, 0.2) is 17.9 Å². The summed E-state index contributed by atoms with van der Waals surface area (Å²) in [5.74, 6) is 0.0307. The van der Waals surface area contributed by atoms with Gasteiger partial charge in [-0.1, -0.05) is 39.3 Å². The molecule has 9 aliphatic rings. The topological polar surface area (TPSA) is 247 Å². The van der Waals surface area contributed by atoms with E-state index >= 15 is 0 Å². The van der Waals surface area contributed by atoms with Crippen LogP contribution in [0.2, 0.25) is 0 Å². The minimum atomic E-state index is -1.93. The van der Waals surface area contributed by atoms with Crippen LogP contribution in [0.3, 0.4) is 0 Å². The van der Waals surface area contributed by atoms with Gasteiger partial charge in [-0.25, -0.2) is 0 Å². The van der Waals surface area contributed by atoms with E-state index in [-0.39, 0.29) is 35.4 Å². The zero-order chi connectivity index (χ0) is 46.0. The van der Waals surface area contributed by atoms with E-state index in [4.69, 9.17) is 33.2 Å². The number of aliphatic hydroxyl groups excluding tert-OH is 9. The summed E-state index contributed by atoms with van der Waals surface area (Å²) in [5.41, 5.74) is 1.34. The average molecular weight is 911 g/mol. The maximum Gasteiger partial charge on any atom is 0.195 e. The van der Waals surface area contributed by atoms with Gasteiger partial charge in [0.25, 0.3) is 0 Å². The molecule has 5 aliphatic heterocycles. The largest absolute Gasteiger partial charge is 0.396 e. The molecule has 0 radical (unpaired) electrons. The van der Waals surface area contributed by atoms with Crippen LogP contribution in [0.1, 0.15) is 106 Å². The van der Waals surface area contributed by atoms with Crippen LogP contribution in [0.4, 0.5) is 0 Å². The van der Waals surface area contributed by atoms with Crippen molar-refractivity contribution in [2.75, 3.05) is 19.8 Å². The number of rotatable bonds is 8. The average Bonchev–Trinajstić information content (AvgIpc) is 3.71. The lowest BCUT2D eigenvalue weighted by Gasteiger charge is -2.60. The van der Waals surface area contributed by atoms with Crippen molar-refractivity contribution in [3.63, 3.8) is 0 Å². The predicted octanol–water partition coefficient (Wildman–Crippen LogP) is 1.51. The molecule has 4 aliphatic carbocycles. The first-order valence-electron chi connectivity index (χ1n) is 24.5. The molecule has 64 heavy (non-hydrogen) atoms. The van der Waals surface area contributed by atoms with Gasteiger partial charge in [-0.15, -0.1) is 0 Å². The van der Waals surface area contributed by atoms with Crippen molar-refractivity contribution in [2.24, 2.45) is 58.2 Å². The monoisotopic (exact) mass is 911 g/mol. The summed E-state index contributed by atoms with van der Waals surface area (Å²) < 4.78 is 44.5. The second-order valence-corrected chi connectivity index (χ2v) is 22.6. The van der Waals surface area contributed by atoms with Crippen LogP contribution in [0.15, 0.2) is 11.6 Å². The van der Waals surface area contributed by atoms with Crippen LogP contribution in [0.5, 0.6) is 0 Å². The van der Waals surface area contributed by atoms with Gasteiger partial charge < -0.3 is 79.1 Å². The van der Waals surface area contributed by atoms with Crippen molar-refractivity contribution >= 4 is 0 Å². The highest BCUT2D eigenvalue weighted by atomic mass is 16.7. The highest BCUT2D eigenvalue weighted by molar-refractivity contribution is 5.28. The Morgan fingerprint density at radius 3 is 2.14 bits per heavy atom. The van der Waals surface area contributed by atoms with Gasteiger partial charge in [0.2, 0.25) is 0 Å². The first-order chi connectivity index (χ1) is 30.2. The highest BCUT2D eigenvalue weighted by Crippen LogP contribution is 2.71. The van der Waals surface area contributed by atoms with E-state index < -0.39 is 104 Å². The maximum atomic E-state index is 12.2. The van der Waals surface area contributed by atoms with Crippen LogP contribution in [0.25, 0.3) is 0 Å². The van der Waals surface area contributed by atoms with Crippen molar-refractivity contribution < 1.29 is 79.1 Å². The Morgan fingerprint density at radius 1 is 0.719 bits per heavy atom. The normalized spacial score (nSPS) is 58.6. The zero-order valence-corrected chi connectivity index (χ0v) is 38.7. The summed E-state index contributed by atoms with van der Waals surface area (Å²) in [4.78, 5) is 0. The molecular weight excluding hydrogens is 833 g/mol. The minimum absolute atomic E-state index is 0.000181. The number of allylic oxidation sites excluding steroid dienone is 1. The number of hydrogen-bond donors (Lipinski definition) is 9. The van der Waals surface area contributed by atoms with Crippen LogP contribution in [0, 0.1) is 58.2 Å². The van der Waals surface area contributed by atoms with E-state index in [2.05, 4.69) is 33.8 Å². The fraction of sp³-hybridized carbons (Fsp3) is 0.958. The molecule has 0 amide bonds. The van der Waals surface area contributed by atoms with E-state index in [0.717, 1.165) is 58.0 Å². The lowest BCUT2D eigenvalue weighted by Crippen LogP contribution is -2.69. The third-order valence-corrected chi connectivity index (χ3v) is 18.9. The lowest BCUT2D eigenvalue weighted by molar-refractivity contribution is -0.394. The van der Waals surface area contributed by atoms with Gasteiger partial charge in [-0.2, -0.15) is 0 Å². The number of hydrogen-bond acceptors (Lipinski definition) is 16. The van der Waals surface area contributed by atoms with Gasteiger partial charge in [0.1, 0.15) is 61.0 Å². The standard InChI is InChI=1S/C48H78O16/c1-21-8-13-48(58-20-21)22(2)34-30(63-48)17-29-33-26(18-49)16-27-14-25(9-11-45(27,5)28(33)10-12-46(29,34)6)15-31-42(64-47(7)43(57)38(54)36(52)24(4)62-47)40(56)41(32(19-50)60-31)61-44-39(55)37(53)35(51)23(3)59-44/h16,21-26,28-44,49-57H,8-15,17-20H2,1-7H3/t21-,22+,23+,24-,25+,26+,28+,29+,30+,31+,32-,33-,34+,35+,36-,37-,38+,39-,40+,41-,42+,43+,44+,45+,46+,47+,48-/m1/s1. The lowest BCUT2D eigenvalue weighted by atomic mass is 9.44. The fourth-order valence-corrected chi connectivity index (χ4v) is 15.2. The Hall–Kier alpha value is -0.900. The molecule has 16 nitrogen and oxygen atoms in total. The van der Waals surface area contributed by atoms with Crippen LogP contribution in [-0.2, 0) is 33.2 Å². The number of ether oxygens (including phenoxy) is 7. The van der Waals surface area contributed by atoms with Gasteiger partial charge in [-0.05, 0) is 118 Å². The Morgan fingerprint density at radius 2 is 1.45 bits per heavy atom. The molecule has 366 valence electrons. The number of aliphatic hydroxyl groups is 9. The second kappa shape index (κ2) is 17.5. The first kappa shape index (κ1) is 48.1. The molecule has 3 saturated carbocycles. The van der Waals surface area contributed by atoms with Gasteiger partial charge in [0.05, 0.1) is 37.6 Å². The Balaban J connectivity index is 0.955. The molecule has 0 aromatic carbocycles. The van der Waals surface area contributed by atoms with E-state index in [0.29, 0.717) is 41.9 Å². The summed E-state index contributed by atoms with van der Waals surface area (Å²) >= 11 is 0. The fourth-order valence-electron chi connectivity index (χ4n) is 15.2. The van der Waals surface area contributed by atoms with E-state index in [1.165, 1.54) is 26.3 Å². The SMILES string of the molecule is C[C@@H]1CC[C@@]2(OC1)O[C@H]1C[C@H]3[C@@H]4[C@H](CO)C=C5C[C@@H](C[C@@H]6O[C@H](CO)[C@@H](O[C@@H]7O[C@@H](C)[C@H](O)[C@@H](O)[C@H]7O)[C@H](O)[C@H]6O[C@]6(C)O[C@H](C)[C@@H](O)[C@H](O)[C@@H]6O)CC[C@]5(C)[C@H]4CC[C@]3(C)[C@H]1[C@@H]2C. The molecule has 9 rings (SSSR count). The van der Waals surface area contributed by atoms with Crippen LogP contribution in [-0.4, -0.2) is 169 Å². The Bertz CT molecular complexity index is 1690. The summed E-state index contributed by atoms with van der Waals surface area (Å²) in [6.07, 6.45) is -8.56. The van der Waals surface area contributed by atoms with Crippen molar-refractivity contribution in [3.05, 3.63) is 11.6 Å². The molecule has 0 aromatic heterocycles. The van der Waals surface area contributed by atoms with Gasteiger partial charge in [0, 0.05) is 24.9 Å². The molecule has 0 bridgehead atoms. The molecule has 5 saturated heterocycles. The molecule has 8 fully saturated rings. The molecule has 16 heteroatoms. The quantitative estimate of drug-likeness (QED) is 0.157. The van der Waals surface area contributed by atoms with Crippen molar-refractivity contribution in [3.8, 4) is 0 Å². The first-order valence-corrected chi connectivity index (χ1v) is 24.5. The molecule has 5 heterocycles. The molecule has 0 aromatic rings. The van der Waals surface area contributed by atoms with Crippen molar-refractivity contribution in [1.29, 1.82) is 0 Å². The molecule has 1 spiro atoms. The van der Waals surface area contributed by atoms with Crippen molar-refractivity contribution in [1.82, 2.24) is 0 Å². The Kier molecular flexibility index (Phi) is 13.2. The molecular formula is C48H78O16. The maximum absolute atomic E-state index is 12.2. The van der Waals surface area contributed by atoms with Crippen LogP contribution >= 0.6 is 0 Å². The summed E-state index contributed by atoms with van der Waals surface area (Å²) in [6, 6.07) is 0. The van der Waals surface area contributed by atoms with Crippen molar-refractivity contribution in [2.45, 2.75) is 210 Å². The van der Waals surface area contributed by atoms with Gasteiger partial charge in [-0.3, -0.25) is 0 Å². The number of fused-ring (bicyclic) bond motifs is 7. The summed E-state index contributed by atoms with van der Waals surface area (Å²) in [6.45, 7) is 14.2. The third-order valence-electron chi connectivity index (χ3n) is 18.9. The highest BCUT2D eigenvalue weighted by Gasteiger charge is 2.70. The molecule has 9 N–H and O–H groups in total. The van der Waals surface area contributed by atoms with E-state index in [1.54, 1.807) is 0 Å². The third kappa shape index (κ3) is 7.63. The van der Waals surface area contributed by atoms with E-state index in [1.807, 2.05) is 0 Å². The minimum Gasteiger partial charge on any atom is -0.396 e. The second-order valence-electron chi connectivity index (χ2n) is 22.6. The zero-order valence-electron chi connectivity index (χ0n) is 38.7. The Labute approximate surface area is 377 Å². The summed E-state index contributed by atoms with van der Waals surface area (Å²) in [5, 5.41) is 98.4. The smallest absolute Gasteiger partial charge is 0.195 e. The van der Waals surface area contributed by atoms with Gasteiger partial charge >= 0.3 is 0 Å². The predicted molar refractivity (Wildman–Crippen MR) is 227 cm³/mol. The molecule has 0 unspecified atom stereocenters.